The van der Waals surface area contributed by atoms with E-state index in [1.54, 1.807) is 0 Å². The summed E-state index contributed by atoms with van der Waals surface area (Å²) in [5.74, 6) is -1.37. The van der Waals surface area contributed by atoms with Crippen molar-refractivity contribution in [2.24, 2.45) is 0 Å². The van der Waals surface area contributed by atoms with Gasteiger partial charge in [0.1, 0.15) is 6.04 Å². The van der Waals surface area contributed by atoms with E-state index in [9.17, 15) is 9.36 Å². The first kappa shape index (κ1) is 13.5. The Morgan fingerprint density at radius 3 is 2.36 bits per heavy atom. The Morgan fingerprint density at radius 2 is 2.07 bits per heavy atom. The maximum atomic E-state index is 10.5. The van der Waals surface area contributed by atoms with Gasteiger partial charge in [0.05, 0.1) is 12.8 Å². The van der Waals surface area contributed by atoms with E-state index < -0.39 is 32.7 Å². The van der Waals surface area contributed by atoms with Crippen LogP contribution in [0.5, 0.6) is 0 Å². The van der Waals surface area contributed by atoms with Crippen LogP contribution in [0, 0.1) is 0 Å². The summed E-state index contributed by atoms with van der Waals surface area (Å²) in [4.78, 5) is 27.3. The molecule has 0 aliphatic rings. The average molecular weight is 229 g/mol. The van der Waals surface area contributed by atoms with Crippen molar-refractivity contribution in [1.82, 2.24) is 5.32 Å². The molecule has 0 amide bonds. The van der Waals surface area contributed by atoms with Gasteiger partial charge in [-0.3, -0.25) is 14.6 Å². The van der Waals surface area contributed by atoms with Crippen molar-refractivity contribution in [3.63, 3.8) is 0 Å². The number of phosphoric acid groups is 1. The summed E-state index contributed by atoms with van der Waals surface area (Å²) in [6, 6.07) is -1.38. The van der Waals surface area contributed by atoms with E-state index in [-0.39, 0.29) is 0 Å². The van der Waals surface area contributed by atoms with Crippen molar-refractivity contribution in [1.29, 1.82) is 0 Å². The van der Waals surface area contributed by atoms with E-state index in [1.165, 1.54) is 6.92 Å². The molecular weight excluding hydrogens is 217 g/mol. The lowest BCUT2D eigenvalue weighted by Gasteiger charge is -2.20. The highest BCUT2D eigenvalue weighted by Gasteiger charge is 2.30. The second kappa shape index (κ2) is 5.40. The quantitative estimate of drug-likeness (QED) is 0.273. The Hall–Kier alpha value is -0.500. The van der Waals surface area contributed by atoms with Gasteiger partial charge in [0.25, 0.3) is 0 Å². The molecule has 0 bridgehead atoms. The van der Waals surface area contributed by atoms with Crippen LogP contribution in [0.3, 0.4) is 0 Å². The molecule has 0 fully saturated rings. The summed E-state index contributed by atoms with van der Waals surface area (Å²) in [6.45, 7) is 0.534. The van der Waals surface area contributed by atoms with E-state index >= 15 is 0 Å². The first-order chi connectivity index (χ1) is 6.28. The fraction of sp³-hybridized carbons (Fsp3) is 0.800. The maximum Gasteiger partial charge on any atom is 0.469 e. The minimum atomic E-state index is -4.72. The molecule has 0 saturated heterocycles. The number of hydrogen-bond donors (Lipinski definition) is 5. The number of phosphoric ester groups is 1. The number of nitrogens with one attached hydrogen (secondary N) is 1. The fourth-order valence-electron chi connectivity index (χ4n) is 0.830. The zero-order chi connectivity index (χ0) is 11.4. The molecule has 5 N–H and O–H groups in total. The Labute approximate surface area is 79.8 Å². The highest BCUT2D eigenvalue weighted by Crippen LogP contribution is 2.38. The van der Waals surface area contributed by atoms with Gasteiger partial charge in [-0.05, 0) is 6.92 Å². The number of aliphatic hydroxyl groups excluding tert-OH is 1. The van der Waals surface area contributed by atoms with Gasteiger partial charge in [0.15, 0.2) is 0 Å². The predicted octanol–water partition coefficient (Wildman–Crippen LogP) is -1.52. The Kier molecular flexibility index (Phi) is 5.21. The molecule has 0 saturated carbocycles. The third kappa shape index (κ3) is 5.28. The molecule has 0 radical (unpaired) electrons. The van der Waals surface area contributed by atoms with Crippen LogP contribution in [0.1, 0.15) is 6.92 Å². The summed E-state index contributed by atoms with van der Waals surface area (Å²) < 4.78 is 14.5. The van der Waals surface area contributed by atoms with E-state index in [4.69, 9.17) is 20.0 Å². The van der Waals surface area contributed by atoms with Gasteiger partial charge in [-0.2, -0.15) is 0 Å². The first-order valence-electron chi connectivity index (χ1n) is 3.59. The van der Waals surface area contributed by atoms with Gasteiger partial charge in [-0.15, -0.1) is 0 Å². The molecule has 0 rings (SSSR count). The Balaban J connectivity index is 4.37. The molecule has 0 heterocycles. The minimum Gasteiger partial charge on any atom is -0.480 e. The lowest BCUT2D eigenvalue weighted by atomic mass is 10.2. The number of aliphatic hydroxyl groups is 1. The van der Waals surface area contributed by atoms with Gasteiger partial charge in [-0.1, -0.05) is 0 Å². The molecule has 0 spiro atoms. The molecule has 0 aliphatic heterocycles. The van der Waals surface area contributed by atoms with E-state index in [1.807, 2.05) is 0 Å². The lowest BCUT2D eigenvalue weighted by molar-refractivity contribution is -0.142. The largest absolute Gasteiger partial charge is 0.480 e. The average Bonchev–Trinajstić information content (AvgIpc) is 1.95. The van der Waals surface area contributed by atoms with Gasteiger partial charge in [-0.25, -0.2) is 4.57 Å². The summed E-state index contributed by atoms with van der Waals surface area (Å²) in [5, 5.41) is 19.1. The number of carboxylic acids is 1. The molecule has 84 valence electrons. The number of hydrogen-bond acceptors (Lipinski definition) is 5. The van der Waals surface area contributed by atoms with E-state index in [0.29, 0.717) is 0 Å². The molecule has 14 heavy (non-hydrogen) atoms. The zero-order valence-electron chi connectivity index (χ0n) is 7.32. The molecule has 8 nitrogen and oxygen atoms in total. The summed E-state index contributed by atoms with van der Waals surface area (Å²) in [6.07, 6.45) is -1.26. The molecule has 9 heteroatoms. The van der Waals surface area contributed by atoms with Gasteiger partial charge >= 0.3 is 13.8 Å². The van der Waals surface area contributed by atoms with Crippen LogP contribution in [0.4, 0.5) is 0 Å². The first-order valence-corrected chi connectivity index (χ1v) is 5.12. The van der Waals surface area contributed by atoms with Gasteiger partial charge < -0.3 is 20.0 Å². The maximum absolute atomic E-state index is 10.5. The predicted molar refractivity (Wildman–Crippen MR) is 44.2 cm³/mol. The van der Waals surface area contributed by atoms with Crippen molar-refractivity contribution >= 4 is 13.8 Å². The Morgan fingerprint density at radius 1 is 1.57 bits per heavy atom. The monoisotopic (exact) mass is 229 g/mol. The number of carboxylic acid groups (broad SMARTS) is 1. The summed E-state index contributed by atoms with van der Waals surface area (Å²) in [7, 11) is -4.72. The highest BCUT2D eigenvalue weighted by atomic mass is 31.2. The van der Waals surface area contributed by atoms with Crippen molar-refractivity contribution in [2.45, 2.75) is 19.1 Å². The standard InChI is InChI=1S/C5H12NO7P/c1-3(13-14(10,11)12)4(5(8)9)6-2-7/h3-4,6-7H,2H2,1H3,(H,8,9)(H2,10,11,12)/t3-,4+/m1/s1. The van der Waals surface area contributed by atoms with Crippen LogP contribution in [0.2, 0.25) is 0 Å². The van der Waals surface area contributed by atoms with Crippen molar-refractivity contribution < 1.29 is 33.9 Å². The zero-order valence-corrected chi connectivity index (χ0v) is 8.22. The van der Waals surface area contributed by atoms with Crippen molar-refractivity contribution in [3.8, 4) is 0 Å². The van der Waals surface area contributed by atoms with E-state index in [2.05, 4.69) is 9.84 Å². The SMILES string of the molecule is C[C@@H](OP(=O)(O)O)[C@H](NCO)C(=O)O. The van der Waals surface area contributed by atoms with Crippen LogP contribution < -0.4 is 5.32 Å². The normalized spacial score (nSPS) is 16.3. The summed E-state index contributed by atoms with van der Waals surface area (Å²) >= 11 is 0. The number of aliphatic carboxylic acids is 1. The Bertz CT molecular complexity index is 238. The minimum absolute atomic E-state index is 0.633. The third-order valence-electron chi connectivity index (χ3n) is 1.35. The lowest BCUT2D eigenvalue weighted by Crippen LogP contribution is -2.45. The second-order valence-electron chi connectivity index (χ2n) is 2.48. The molecule has 0 aromatic heterocycles. The van der Waals surface area contributed by atoms with Crippen LogP contribution in [0.25, 0.3) is 0 Å². The molecule has 0 aromatic rings. The molecule has 0 aliphatic carbocycles. The molecule has 2 atom stereocenters. The van der Waals surface area contributed by atoms with Gasteiger partial charge in [0.2, 0.25) is 0 Å². The third-order valence-corrected chi connectivity index (χ3v) is 1.96. The van der Waals surface area contributed by atoms with Crippen LogP contribution in [-0.4, -0.2) is 44.8 Å². The fourth-order valence-corrected chi connectivity index (χ4v) is 1.38. The summed E-state index contributed by atoms with van der Waals surface area (Å²) in [5.41, 5.74) is 0. The van der Waals surface area contributed by atoms with Crippen LogP contribution in [0.15, 0.2) is 0 Å². The van der Waals surface area contributed by atoms with E-state index in [0.717, 1.165) is 0 Å². The van der Waals surface area contributed by atoms with Crippen LogP contribution >= 0.6 is 7.82 Å². The van der Waals surface area contributed by atoms with Crippen molar-refractivity contribution in [2.75, 3.05) is 6.73 Å². The molecular formula is C5H12NO7P. The van der Waals surface area contributed by atoms with Gasteiger partial charge in [0, 0.05) is 0 Å². The number of rotatable bonds is 6. The van der Waals surface area contributed by atoms with Crippen LogP contribution in [-0.2, 0) is 13.9 Å². The van der Waals surface area contributed by atoms with Crippen molar-refractivity contribution in [3.05, 3.63) is 0 Å². The topological polar surface area (TPSA) is 136 Å². The molecule has 0 aromatic carbocycles. The molecule has 0 unspecified atom stereocenters. The number of carbonyl (C=O) groups is 1. The second-order valence-corrected chi connectivity index (χ2v) is 3.67. The highest BCUT2D eigenvalue weighted by molar-refractivity contribution is 7.46. The smallest absolute Gasteiger partial charge is 0.469 e.